The zero-order valence-corrected chi connectivity index (χ0v) is 15.0. The average Bonchev–Trinajstić information content (AvgIpc) is 2.39. The molecule has 2 nitrogen and oxygen atoms in total. The Balaban J connectivity index is 2.56. The van der Waals surface area contributed by atoms with Gasteiger partial charge in [0.15, 0.2) is 0 Å². The maximum atomic E-state index is 14.2. The van der Waals surface area contributed by atoms with Crippen molar-refractivity contribution in [3.05, 3.63) is 65.9 Å². The van der Waals surface area contributed by atoms with E-state index in [0.29, 0.717) is 10.0 Å². The van der Waals surface area contributed by atoms with Crippen molar-refractivity contribution < 1.29 is 4.39 Å². The van der Waals surface area contributed by atoms with Gasteiger partial charge in [-0.15, -0.1) is 0 Å². The molecule has 100 valence electrons. The summed E-state index contributed by atoms with van der Waals surface area (Å²) in [6, 6.07) is 10.6. The lowest BCUT2D eigenvalue weighted by atomic mass is 9.99. The molecule has 2 aromatic carbocycles. The monoisotopic (exact) mass is 498 g/mol. The fourth-order valence-corrected chi connectivity index (χ4v) is 3.23. The van der Waals surface area contributed by atoms with E-state index in [1.807, 2.05) is 18.2 Å². The molecule has 0 saturated heterocycles. The molecule has 0 fully saturated rings. The Morgan fingerprint density at radius 2 is 1.89 bits per heavy atom. The molecule has 2 rings (SSSR count). The van der Waals surface area contributed by atoms with Gasteiger partial charge in [0.25, 0.3) is 0 Å². The summed E-state index contributed by atoms with van der Waals surface area (Å²) in [7, 11) is 0. The lowest BCUT2D eigenvalue weighted by molar-refractivity contribution is 0.555. The van der Waals surface area contributed by atoms with Gasteiger partial charge in [-0.25, -0.2) is 9.82 Å². The van der Waals surface area contributed by atoms with Crippen LogP contribution >= 0.6 is 54.5 Å². The first-order valence-electron chi connectivity index (χ1n) is 5.39. The summed E-state index contributed by atoms with van der Waals surface area (Å²) in [5, 5.41) is 0. The number of halogens is 4. The second-order valence-electron chi connectivity index (χ2n) is 3.91. The van der Waals surface area contributed by atoms with E-state index in [4.69, 9.17) is 5.84 Å². The third-order valence-electron chi connectivity index (χ3n) is 2.73. The summed E-state index contributed by atoms with van der Waals surface area (Å²) >= 11 is 8.83. The number of hydrazine groups is 1. The van der Waals surface area contributed by atoms with E-state index in [1.54, 1.807) is 18.2 Å². The number of hydrogen-bond acceptors (Lipinski definition) is 2. The lowest BCUT2D eigenvalue weighted by Gasteiger charge is -2.19. The Morgan fingerprint density at radius 3 is 2.58 bits per heavy atom. The summed E-state index contributed by atoms with van der Waals surface area (Å²) in [6.07, 6.45) is 0. The summed E-state index contributed by atoms with van der Waals surface area (Å²) in [5.74, 6) is 5.32. The fraction of sp³-hybridized carbons (Fsp3) is 0.0769. The van der Waals surface area contributed by atoms with Crippen molar-refractivity contribution in [1.82, 2.24) is 5.43 Å². The molecule has 1 atom stereocenters. The molecule has 0 aliphatic rings. The minimum Gasteiger partial charge on any atom is -0.271 e. The highest BCUT2D eigenvalue weighted by molar-refractivity contribution is 14.1. The minimum atomic E-state index is -0.401. The molecule has 0 aromatic heterocycles. The zero-order chi connectivity index (χ0) is 14.0. The van der Waals surface area contributed by atoms with Crippen molar-refractivity contribution in [1.29, 1.82) is 0 Å². The van der Waals surface area contributed by atoms with Gasteiger partial charge in [-0.05, 0) is 68.3 Å². The zero-order valence-electron chi connectivity index (χ0n) is 9.63. The van der Waals surface area contributed by atoms with Gasteiger partial charge in [0.1, 0.15) is 5.82 Å². The van der Waals surface area contributed by atoms with Gasteiger partial charge in [0.2, 0.25) is 0 Å². The highest BCUT2D eigenvalue weighted by atomic mass is 127. The Labute approximate surface area is 141 Å². The van der Waals surface area contributed by atoms with Crippen LogP contribution in [0.4, 0.5) is 4.39 Å². The number of rotatable bonds is 3. The van der Waals surface area contributed by atoms with Crippen LogP contribution in [-0.2, 0) is 0 Å². The molecule has 3 N–H and O–H groups in total. The molecule has 0 aliphatic carbocycles. The molecule has 1 unspecified atom stereocenters. The van der Waals surface area contributed by atoms with Crippen LogP contribution in [0.25, 0.3) is 0 Å². The van der Waals surface area contributed by atoms with E-state index >= 15 is 0 Å². The molecule has 0 saturated carbocycles. The Bertz CT molecular complexity index is 605. The fourth-order valence-electron chi connectivity index (χ4n) is 1.83. The molecule has 0 heterocycles. The molecule has 0 bridgehead atoms. The van der Waals surface area contributed by atoms with Crippen molar-refractivity contribution >= 4 is 54.5 Å². The molecular weight excluding hydrogens is 490 g/mol. The predicted molar refractivity (Wildman–Crippen MR) is 90.1 cm³/mol. The van der Waals surface area contributed by atoms with Gasteiger partial charge in [-0.3, -0.25) is 5.84 Å². The third kappa shape index (κ3) is 3.36. The quantitative estimate of drug-likeness (QED) is 0.370. The van der Waals surface area contributed by atoms with Crippen molar-refractivity contribution in [3.8, 4) is 0 Å². The van der Waals surface area contributed by atoms with E-state index in [9.17, 15) is 4.39 Å². The van der Waals surface area contributed by atoms with Gasteiger partial charge in [-0.2, -0.15) is 0 Å². The number of hydrogen-bond donors (Lipinski definition) is 2. The van der Waals surface area contributed by atoms with Crippen molar-refractivity contribution in [3.63, 3.8) is 0 Å². The SMILES string of the molecule is NNC(c1cc(Br)ccc1I)c1cccc(Br)c1F. The highest BCUT2D eigenvalue weighted by Crippen LogP contribution is 2.31. The predicted octanol–water partition coefficient (Wildman–Crippen LogP) is 4.51. The highest BCUT2D eigenvalue weighted by Gasteiger charge is 2.20. The van der Waals surface area contributed by atoms with Gasteiger partial charge < -0.3 is 0 Å². The van der Waals surface area contributed by atoms with Gasteiger partial charge in [-0.1, -0.05) is 28.1 Å². The third-order valence-corrected chi connectivity index (χ3v) is 4.82. The molecule has 0 aliphatic heterocycles. The number of nitrogens with one attached hydrogen (secondary N) is 1. The first-order valence-corrected chi connectivity index (χ1v) is 8.06. The van der Waals surface area contributed by atoms with Crippen LogP contribution in [0.2, 0.25) is 0 Å². The van der Waals surface area contributed by atoms with E-state index < -0.39 is 6.04 Å². The van der Waals surface area contributed by atoms with Gasteiger partial charge in [0.05, 0.1) is 10.5 Å². The smallest absolute Gasteiger partial charge is 0.142 e. The largest absolute Gasteiger partial charge is 0.271 e. The standard InChI is InChI=1S/C13H10Br2FIN2/c14-7-4-5-11(17)9(6-7)13(19-18)8-2-1-3-10(15)12(8)16/h1-6,13,19H,18H2. The topological polar surface area (TPSA) is 38.0 Å². The molecule has 6 heteroatoms. The molecule has 0 spiro atoms. The normalized spacial score (nSPS) is 12.5. The summed E-state index contributed by atoms with van der Waals surface area (Å²) in [5.41, 5.74) is 4.12. The molecule has 2 aromatic rings. The maximum absolute atomic E-state index is 14.2. The average molecular weight is 500 g/mol. The minimum absolute atomic E-state index is 0.304. The van der Waals surface area contributed by atoms with Crippen LogP contribution in [0.15, 0.2) is 45.3 Å². The first kappa shape index (κ1) is 15.4. The van der Waals surface area contributed by atoms with E-state index in [2.05, 4.69) is 59.9 Å². The first-order chi connectivity index (χ1) is 9.04. The van der Waals surface area contributed by atoms with Crippen LogP contribution in [-0.4, -0.2) is 0 Å². The molecule has 0 amide bonds. The van der Waals surface area contributed by atoms with Gasteiger partial charge in [0, 0.05) is 13.6 Å². The Hall–Kier alpha value is -0.0200. The summed E-state index contributed by atoms with van der Waals surface area (Å²) in [6.45, 7) is 0. The second-order valence-corrected chi connectivity index (χ2v) is 6.84. The van der Waals surface area contributed by atoms with Crippen LogP contribution in [0.3, 0.4) is 0 Å². The molecule has 19 heavy (non-hydrogen) atoms. The second kappa shape index (κ2) is 6.62. The van der Waals surface area contributed by atoms with E-state index in [1.165, 1.54) is 0 Å². The van der Waals surface area contributed by atoms with Crippen LogP contribution in [0, 0.1) is 9.39 Å². The maximum Gasteiger partial charge on any atom is 0.142 e. The van der Waals surface area contributed by atoms with Crippen LogP contribution < -0.4 is 11.3 Å². The number of nitrogens with two attached hydrogens (primary N) is 1. The lowest BCUT2D eigenvalue weighted by Crippen LogP contribution is -2.30. The van der Waals surface area contributed by atoms with Gasteiger partial charge >= 0.3 is 0 Å². The summed E-state index contributed by atoms with van der Waals surface area (Å²) in [4.78, 5) is 0. The van der Waals surface area contributed by atoms with Crippen LogP contribution in [0.1, 0.15) is 17.2 Å². The van der Waals surface area contributed by atoms with Crippen molar-refractivity contribution in [2.75, 3.05) is 0 Å². The van der Waals surface area contributed by atoms with E-state index in [-0.39, 0.29) is 5.82 Å². The summed E-state index contributed by atoms with van der Waals surface area (Å²) < 4.78 is 16.6. The van der Waals surface area contributed by atoms with Crippen molar-refractivity contribution in [2.24, 2.45) is 5.84 Å². The molecule has 0 radical (unpaired) electrons. The number of benzene rings is 2. The Morgan fingerprint density at radius 1 is 1.16 bits per heavy atom. The molecular formula is C13H10Br2FIN2. The van der Waals surface area contributed by atoms with E-state index in [0.717, 1.165) is 13.6 Å². The Kier molecular flexibility index (Phi) is 5.36. The van der Waals surface area contributed by atoms with Crippen LogP contribution in [0.5, 0.6) is 0 Å². The van der Waals surface area contributed by atoms with Crippen molar-refractivity contribution in [2.45, 2.75) is 6.04 Å².